The number of allylic oxidation sites excluding steroid dienone is 1. The van der Waals surface area contributed by atoms with Crippen molar-refractivity contribution in [1.82, 2.24) is 25.8 Å². The largest absolute Gasteiger partial charge is 0.350 e. The zero-order valence-corrected chi connectivity index (χ0v) is 22.7. The van der Waals surface area contributed by atoms with E-state index in [0.717, 1.165) is 63.4 Å². The van der Waals surface area contributed by atoms with E-state index in [-0.39, 0.29) is 34.8 Å². The van der Waals surface area contributed by atoms with Crippen molar-refractivity contribution in [1.29, 1.82) is 0 Å². The Morgan fingerprint density at radius 3 is 2.57 bits per heavy atom. The van der Waals surface area contributed by atoms with Crippen molar-refractivity contribution in [3.8, 4) is 0 Å². The highest BCUT2D eigenvalue weighted by molar-refractivity contribution is 6.29. The average Bonchev–Trinajstić information content (AvgIpc) is 2.82. The molecule has 8 nitrogen and oxygen atoms in total. The second-order valence-corrected chi connectivity index (χ2v) is 12.4. The van der Waals surface area contributed by atoms with E-state index in [1.165, 1.54) is 19.3 Å². The molecule has 5 atom stereocenters. The standard InChI is InChI=1S/C25H45Cl2N7O/c1-33-9-11-34(12-10-33)22-18(27)15-30-16-20(22)32-24(35)21(23(28)29)19-13-25(6-3-2-4-7-25)8-5-17(26)14-31-19/h5,18-23,30-31H,2-4,6-16,28-29H2,1H3,(H,32,35)/b17-5+. The maximum atomic E-state index is 13.8. The summed E-state index contributed by atoms with van der Waals surface area (Å²) < 4.78 is 0. The van der Waals surface area contributed by atoms with Crippen molar-refractivity contribution in [2.45, 2.75) is 74.6 Å². The van der Waals surface area contributed by atoms with Crippen LogP contribution < -0.4 is 27.4 Å². The predicted molar refractivity (Wildman–Crippen MR) is 143 cm³/mol. The molecular weight excluding hydrogens is 485 g/mol. The number of nitrogens with one attached hydrogen (secondary N) is 3. The molecule has 3 fully saturated rings. The summed E-state index contributed by atoms with van der Waals surface area (Å²) >= 11 is 13.3. The van der Waals surface area contributed by atoms with Gasteiger partial charge < -0.3 is 32.3 Å². The van der Waals surface area contributed by atoms with Crippen molar-refractivity contribution in [3.63, 3.8) is 0 Å². The quantitative estimate of drug-likeness (QED) is 0.266. The van der Waals surface area contributed by atoms with Crippen molar-refractivity contribution in [3.05, 3.63) is 11.1 Å². The fourth-order valence-electron chi connectivity index (χ4n) is 6.73. The lowest BCUT2D eigenvalue weighted by molar-refractivity contribution is -0.128. The fourth-order valence-corrected chi connectivity index (χ4v) is 7.33. The van der Waals surface area contributed by atoms with Gasteiger partial charge in [0.1, 0.15) is 0 Å². The van der Waals surface area contributed by atoms with Gasteiger partial charge in [-0.1, -0.05) is 36.9 Å². The number of hydrogen-bond donors (Lipinski definition) is 5. The van der Waals surface area contributed by atoms with Gasteiger partial charge in [0, 0.05) is 62.9 Å². The number of alkyl halides is 1. The van der Waals surface area contributed by atoms with Gasteiger partial charge >= 0.3 is 0 Å². The van der Waals surface area contributed by atoms with Gasteiger partial charge in [-0.2, -0.15) is 0 Å². The first-order chi connectivity index (χ1) is 16.8. The molecule has 0 aromatic heterocycles. The number of nitrogens with two attached hydrogens (primary N) is 2. The number of carbonyl (C=O) groups excluding carboxylic acids is 1. The van der Waals surface area contributed by atoms with Crippen LogP contribution in [0.2, 0.25) is 0 Å². The number of piperazine rings is 1. The summed E-state index contributed by atoms with van der Waals surface area (Å²) in [5.74, 6) is -0.624. The van der Waals surface area contributed by atoms with Crippen LogP contribution >= 0.6 is 23.2 Å². The SMILES string of the molecule is CN1CCN(C2C(Cl)CNCC2NC(=O)C(C(N)N)C2CC3(C/C=C(/Cl)CN2)CCCCC3)CC1. The van der Waals surface area contributed by atoms with E-state index < -0.39 is 12.1 Å². The topological polar surface area (TPSA) is 112 Å². The maximum absolute atomic E-state index is 13.8. The molecule has 1 amide bonds. The number of rotatable bonds is 5. The zero-order chi connectivity index (χ0) is 25.0. The van der Waals surface area contributed by atoms with Gasteiger partial charge in [0.2, 0.25) is 5.91 Å². The molecule has 7 N–H and O–H groups in total. The Labute approximate surface area is 220 Å². The minimum absolute atomic E-state index is 0.0728. The van der Waals surface area contributed by atoms with E-state index in [2.05, 4.69) is 38.9 Å². The lowest BCUT2D eigenvalue weighted by atomic mass is 9.66. The number of piperidine rings is 1. The molecule has 1 spiro atoms. The third kappa shape index (κ3) is 6.90. The molecule has 4 rings (SSSR count). The molecule has 0 bridgehead atoms. The van der Waals surface area contributed by atoms with E-state index in [0.29, 0.717) is 13.1 Å². The summed E-state index contributed by atoms with van der Waals surface area (Å²) in [5, 5.41) is 11.0. The van der Waals surface area contributed by atoms with Crippen LogP contribution in [-0.2, 0) is 4.79 Å². The first-order valence-electron chi connectivity index (χ1n) is 13.4. The van der Waals surface area contributed by atoms with Gasteiger partial charge in [0.15, 0.2) is 0 Å². The number of amides is 1. The van der Waals surface area contributed by atoms with Crippen LogP contribution in [0.5, 0.6) is 0 Å². The number of hydrogen-bond acceptors (Lipinski definition) is 7. The van der Waals surface area contributed by atoms with Crippen LogP contribution in [0.15, 0.2) is 11.1 Å². The molecule has 2 saturated heterocycles. The van der Waals surface area contributed by atoms with Gasteiger partial charge in [-0.05, 0) is 38.1 Å². The zero-order valence-electron chi connectivity index (χ0n) is 21.2. The second-order valence-electron chi connectivity index (χ2n) is 11.3. The molecule has 0 aromatic carbocycles. The Bertz CT molecular complexity index is 737. The van der Waals surface area contributed by atoms with Crippen molar-refractivity contribution in [2.24, 2.45) is 22.8 Å². The summed E-state index contributed by atoms with van der Waals surface area (Å²) in [5.41, 5.74) is 12.8. The van der Waals surface area contributed by atoms with Gasteiger partial charge in [-0.25, -0.2) is 0 Å². The molecule has 35 heavy (non-hydrogen) atoms. The maximum Gasteiger partial charge on any atom is 0.227 e. The third-order valence-corrected chi connectivity index (χ3v) is 9.48. The molecule has 1 saturated carbocycles. The molecule has 3 heterocycles. The minimum atomic E-state index is -0.763. The first kappa shape index (κ1) is 27.6. The van der Waals surface area contributed by atoms with Crippen LogP contribution in [0.25, 0.3) is 0 Å². The average molecular weight is 531 g/mol. The highest BCUT2D eigenvalue weighted by Gasteiger charge is 2.43. The number of nitrogens with zero attached hydrogens (tertiary/aromatic N) is 2. The molecule has 200 valence electrons. The number of halogens is 2. The summed E-state index contributed by atoms with van der Waals surface area (Å²) in [6.45, 7) is 5.89. The molecule has 5 unspecified atom stereocenters. The Hall–Kier alpha value is -0.450. The highest BCUT2D eigenvalue weighted by atomic mass is 35.5. The molecule has 0 aromatic rings. The Morgan fingerprint density at radius 1 is 1.17 bits per heavy atom. The smallest absolute Gasteiger partial charge is 0.227 e. The van der Waals surface area contributed by atoms with Crippen molar-refractivity contribution in [2.75, 3.05) is 52.9 Å². The van der Waals surface area contributed by atoms with Gasteiger partial charge in [0.25, 0.3) is 0 Å². The monoisotopic (exact) mass is 529 g/mol. The lowest BCUT2D eigenvalue weighted by Gasteiger charge is -2.47. The molecule has 4 aliphatic rings. The number of likely N-dealkylation sites (N-methyl/N-ethyl adjacent to an activating group) is 1. The van der Waals surface area contributed by atoms with Crippen molar-refractivity contribution < 1.29 is 4.79 Å². The van der Waals surface area contributed by atoms with Gasteiger partial charge in [0.05, 0.1) is 23.5 Å². The van der Waals surface area contributed by atoms with Gasteiger partial charge in [-0.3, -0.25) is 9.69 Å². The third-order valence-electron chi connectivity index (χ3n) is 8.78. The van der Waals surface area contributed by atoms with E-state index >= 15 is 0 Å². The van der Waals surface area contributed by atoms with Crippen LogP contribution in [0.3, 0.4) is 0 Å². The van der Waals surface area contributed by atoms with E-state index in [9.17, 15) is 4.79 Å². The van der Waals surface area contributed by atoms with Crippen molar-refractivity contribution >= 4 is 29.1 Å². The molecule has 3 aliphatic heterocycles. The molecular formula is C25H45Cl2N7O. The lowest BCUT2D eigenvalue weighted by Crippen LogP contribution is -2.68. The molecule has 1 aliphatic carbocycles. The summed E-state index contributed by atoms with van der Waals surface area (Å²) in [6.07, 6.45) is 9.30. The summed E-state index contributed by atoms with van der Waals surface area (Å²) in [7, 11) is 2.15. The van der Waals surface area contributed by atoms with Gasteiger partial charge in [-0.15, -0.1) is 11.6 Å². The Morgan fingerprint density at radius 2 is 1.89 bits per heavy atom. The van der Waals surface area contributed by atoms with Crippen LogP contribution in [0.1, 0.15) is 44.9 Å². The van der Waals surface area contributed by atoms with E-state index in [1.807, 2.05) is 0 Å². The minimum Gasteiger partial charge on any atom is -0.350 e. The normalized spacial score (nSPS) is 35.7. The predicted octanol–water partition coefficient (Wildman–Crippen LogP) is 0.983. The second kappa shape index (κ2) is 12.4. The highest BCUT2D eigenvalue weighted by Crippen LogP contribution is 2.45. The van der Waals surface area contributed by atoms with Crippen LogP contribution in [-0.4, -0.2) is 98.2 Å². The fraction of sp³-hybridized carbons (Fsp3) is 0.880. The van der Waals surface area contributed by atoms with Crippen LogP contribution in [0.4, 0.5) is 0 Å². The Balaban J connectivity index is 1.50. The Kier molecular flexibility index (Phi) is 9.77. The molecule has 10 heteroatoms. The summed E-state index contributed by atoms with van der Waals surface area (Å²) in [4.78, 5) is 18.6. The first-order valence-corrected chi connectivity index (χ1v) is 14.3. The van der Waals surface area contributed by atoms with E-state index in [4.69, 9.17) is 34.7 Å². The number of carbonyl (C=O) groups is 1. The van der Waals surface area contributed by atoms with Crippen LogP contribution in [0, 0.1) is 11.3 Å². The molecule has 0 radical (unpaired) electrons. The van der Waals surface area contributed by atoms with E-state index in [1.54, 1.807) is 0 Å². The summed E-state index contributed by atoms with van der Waals surface area (Å²) in [6, 6.07) is -0.136.